The van der Waals surface area contributed by atoms with Gasteiger partial charge in [0.2, 0.25) is 0 Å². The number of carbonyl (C=O) groups excluding carboxylic acids is 1. The van der Waals surface area contributed by atoms with Crippen LogP contribution in [0.25, 0.3) is 0 Å². The maximum atomic E-state index is 13.2. The van der Waals surface area contributed by atoms with Gasteiger partial charge in [-0.15, -0.1) is 0 Å². The second-order valence-corrected chi connectivity index (χ2v) is 5.71. The molecule has 0 spiro atoms. The Morgan fingerprint density at radius 2 is 2.13 bits per heavy atom. The normalized spacial score (nSPS) is 20.3. The van der Waals surface area contributed by atoms with Crippen LogP contribution < -0.4 is 5.32 Å². The van der Waals surface area contributed by atoms with Crippen molar-refractivity contribution in [2.75, 3.05) is 18.4 Å². The van der Waals surface area contributed by atoms with Crippen molar-refractivity contribution in [1.82, 2.24) is 4.90 Å². The number of hydrogen-bond donors (Lipinski definition) is 2. The van der Waals surface area contributed by atoms with Gasteiger partial charge in [-0.1, -0.05) is 0 Å². The minimum Gasteiger partial charge on any atom is -0.393 e. The molecule has 0 aromatic heterocycles. The van der Waals surface area contributed by atoms with Gasteiger partial charge in [-0.3, -0.25) is 0 Å². The van der Waals surface area contributed by atoms with Crippen molar-refractivity contribution < 1.29 is 27.5 Å². The van der Waals surface area contributed by atoms with E-state index in [9.17, 15) is 27.5 Å². The molecule has 2 atom stereocenters. The smallest absolute Gasteiger partial charge is 0.393 e. The van der Waals surface area contributed by atoms with Crippen molar-refractivity contribution in [1.29, 1.82) is 0 Å². The molecular weight excluding hydrogens is 316 g/mol. The maximum absolute atomic E-state index is 13.2. The lowest BCUT2D eigenvalue weighted by Gasteiger charge is -2.34. The van der Waals surface area contributed by atoms with Crippen molar-refractivity contribution in [2.24, 2.45) is 5.92 Å². The fourth-order valence-electron chi connectivity index (χ4n) is 2.61. The summed E-state index contributed by atoms with van der Waals surface area (Å²) in [5.74, 6) is -1.45. The van der Waals surface area contributed by atoms with Crippen LogP contribution in [0.15, 0.2) is 18.2 Å². The average Bonchev–Trinajstić information content (AvgIpc) is 2.48. The summed E-state index contributed by atoms with van der Waals surface area (Å²) in [6, 6.07) is 1.77. The number of nitrogens with one attached hydrogen (secondary N) is 1. The number of rotatable bonds is 2. The molecule has 1 aliphatic rings. The van der Waals surface area contributed by atoms with Crippen LogP contribution in [-0.4, -0.2) is 35.2 Å². The second-order valence-electron chi connectivity index (χ2n) is 5.71. The topological polar surface area (TPSA) is 52.6 Å². The Kier molecular flexibility index (Phi) is 5.13. The van der Waals surface area contributed by atoms with E-state index in [2.05, 4.69) is 5.32 Å². The van der Waals surface area contributed by atoms with E-state index in [4.69, 9.17) is 0 Å². The first-order chi connectivity index (χ1) is 10.7. The summed E-state index contributed by atoms with van der Waals surface area (Å²) in [6.45, 7) is 2.43. The summed E-state index contributed by atoms with van der Waals surface area (Å²) in [5.41, 5.74) is -1.54. The molecule has 1 saturated heterocycles. The lowest BCUT2D eigenvalue weighted by molar-refractivity contribution is -0.139. The summed E-state index contributed by atoms with van der Waals surface area (Å²) < 4.78 is 51.2. The molecule has 1 heterocycles. The first kappa shape index (κ1) is 17.5. The zero-order chi connectivity index (χ0) is 17.2. The molecule has 1 aromatic rings. The third kappa shape index (κ3) is 4.34. The van der Waals surface area contributed by atoms with Crippen molar-refractivity contribution in [3.8, 4) is 0 Å². The third-order valence-electron chi connectivity index (χ3n) is 3.95. The number of nitrogens with zero attached hydrogens (tertiary/aromatic N) is 1. The number of alkyl halides is 3. The van der Waals surface area contributed by atoms with E-state index < -0.39 is 29.7 Å². The van der Waals surface area contributed by atoms with Crippen LogP contribution in [0.3, 0.4) is 0 Å². The molecule has 128 valence electrons. The molecule has 23 heavy (non-hydrogen) atoms. The number of aliphatic hydroxyl groups is 1. The number of aliphatic hydroxyl groups excluding tert-OH is 1. The molecule has 0 aliphatic carbocycles. The molecule has 0 bridgehead atoms. The van der Waals surface area contributed by atoms with Gasteiger partial charge in [-0.2, -0.15) is 13.2 Å². The summed E-state index contributed by atoms with van der Waals surface area (Å²) in [5, 5.41) is 11.9. The largest absolute Gasteiger partial charge is 0.419 e. The fourth-order valence-corrected chi connectivity index (χ4v) is 2.61. The van der Waals surface area contributed by atoms with Gasteiger partial charge in [0, 0.05) is 24.7 Å². The number of benzene rings is 1. The predicted molar refractivity (Wildman–Crippen MR) is 76.4 cm³/mol. The molecule has 8 heteroatoms. The average molecular weight is 334 g/mol. The number of carbonyl (C=O) groups is 1. The van der Waals surface area contributed by atoms with Gasteiger partial charge in [0.15, 0.2) is 0 Å². The van der Waals surface area contributed by atoms with Gasteiger partial charge in [-0.05, 0) is 38.0 Å². The van der Waals surface area contributed by atoms with Crippen LogP contribution in [0.2, 0.25) is 0 Å². The number of likely N-dealkylation sites (tertiary alicyclic amines) is 1. The highest BCUT2D eigenvalue weighted by Gasteiger charge is 2.34. The number of amides is 2. The Labute approximate surface area is 131 Å². The monoisotopic (exact) mass is 334 g/mol. The summed E-state index contributed by atoms with van der Waals surface area (Å²) >= 11 is 0. The first-order valence-electron chi connectivity index (χ1n) is 7.29. The molecule has 2 amide bonds. The summed E-state index contributed by atoms with van der Waals surface area (Å²) in [7, 11) is 0. The lowest BCUT2D eigenvalue weighted by atomic mass is 9.94. The molecule has 1 fully saturated rings. The van der Waals surface area contributed by atoms with Crippen LogP contribution in [-0.2, 0) is 6.18 Å². The highest BCUT2D eigenvalue weighted by molar-refractivity contribution is 5.89. The summed E-state index contributed by atoms with van der Waals surface area (Å²) in [6.07, 6.45) is -3.89. The van der Waals surface area contributed by atoms with Gasteiger partial charge in [0.1, 0.15) is 5.82 Å². The van der Waals surface area contributed by atoms with E-state index in [0.29, 0.717) is 31.6 Å². The second kappa shape index (κ2) is 6.74. The minimum absolute atomic E-state index is 0.0616. The molecule has 2 rings (SSSR count). The lowest BCUT2D eigenvalue weighted by Crippen LogP contribution is -2.44. The first-order valence-corrected chi connectivity index (χ1v) is 7.29. The Morgan fingerprint density at radius 1 is 1.43 bits per heavy atom. The van der Waals surface area contributed by atoms with Crippen LogP contribution in [0.4, 0.5) is 28.0 Å². The Morgan fingerprint density at radius 3 is 2.74 bits per heavy atom. The Bertz CT molecular complexity index is 575. The van der Waals surface area contributed by atoms with E-state index in [0.717, 1.165) is 12.5 Å². The molecule has 1 aliphatic heterocycles. The Hall–Kier alpha value is -1.83. The SMILES string of the molecule is CC(O)C1CCCN(C(=O)Nc2ccc(F)c(C(F)(F)F)c2)C1. The Balaban J connectivity index is 2.08. The standard InChI is InChI=1S/C15H18F4N2O2/c1-9(22)10-3-2-6-21(8-10)14(23)20-11-4-5-13(16)12(7-11)15(17,18)19/h4-5,7,9-10,22H,2-3,6,8H2,1H3,(H,20,23). The van der Waals surface area contributed by atoms with Gasteiger partial charge < -0.3 is 15.3 Å². The van der Waals surface area contributed by atoms with E-state index in [-0.39, 0.29) is 11.6 Å². The third-order valence-corrected chi connectivity index (χ3v) is 3.95. The van der Waals surface area contributed by atoms with Crippen molar-refractivity contribution in [3.05, 3.63) is 29.6 Å². The molecular formula is C15H18F4N2O2. The zero-order valence-corrected chi connectivity index (χ0v) is 12.5. The zero-order valence-electron chi connectivity index (χ0n) is 12.5. The number of anilines is 1. The van der Waals surface area contributed by atoms with Crippen molar-refractivity contribution >= 4 is 11.7 Å². The molecule has 0 saturated carbocycles. The fraction of sp³-hybridized carbons (Fsp3) is 0.533. The molecule has 1 aromatic carbocycles. The van der Waals surface area contributed by atoms with E-state index in [1.54, 1.807) is 6.92 Å². The number of halogens is 4. The van der Waals surface area contributed by atoms with Gasteiger partial charge in [-0.25, -0.2) is 9.18 Å². The molecule has 2 unspecified atom stereocenters. The van der Waals surface area contributed by atoms with Crippen LogP contribution in [0, 0.1) is 11.7 Å². The van der Waals surface area contributed by atoms with Crippen molar-refractivity contribution in [2.45, 2.75) is 32.0 Å². The van der Waals surface area contributed by atoms with Gasteiger partial charge >= 0.3 is 12.2 Å². The quantitative estimate of drug-likeness (QED) is 0.814. The number of hydrogen-bond acceptors (Lipinski definition) is 2. The maximum Gasteiger partial charge on any atom is 0.419 e. The van der Waals surface area contributed by atoms with E-state index in [1.165, 1.54) is 4.90 Å². The highest BCUT2D eigenvalue weighted by atomic mass is 19.4. The van der Waals surface area contributed by atoms with E-state index in [1.807, 2.05) is 0 Å². The van der Waals surface area contributed by atoms with Crippen LogP contribution in [0.1, 0.15) is 25.3 Å². The summed E-state index contributed by atoms with van der Waals surface area (Å²) in [4.78, 5) is 13.6. The molecule has 4 nitrogen and oxygen atoms in total. The molecule has 2 N–H and O–H groups in total. The van der Waals surface area contributed by atoms with E-state index >= 15 is 0 Å². The van der Waals surface area contributed by atoms with Crippen molar-refractivity contribution in [3.63, 3.8) is 0 Å². The predicted octanol–water partition coefficient (Wildman–Crippen LogP) is 3.47. The molecule has 0 radical (unpaired) electrons. The number of urea groups is 1. The van der Waals surface area contributed by atoms with Crippen LogP contribution in [0.5, 0.6) is 0 Å². The van der Waals surface area contributed by atoms with Crippen LogP contribution >= 0.6 is 0 Å². The minimum atomic E-state index is -4.83. The highest BCUT2D eigenvalue weighted by Crippen LogP contribution is 2.33. The van der Waals surface area contributed by atoms with Gasteiger partial charge in [0.05, 0.1) is 11.7 Å². The number of piperidine rings is 1. The van der Waals surface area contributed by atoms with Gasteiger partial charge in [0.25, 0.3) is 0 Å².